The van der Waals surface area contributed by atoms with Gasteiger partial charge in [0, 0.05) is 25.2 Å². The molecule has 2 unspecified atom stereocenters. The fourth-order valence-electron chi connectivity index (χ4n) is 1.78. The van der Waals surface area contributed by atoms with Crippen LogP contribution in [0.15, 0.2) is 0 Å². The van der Waals surface area contributed by atoms with Gasteiger partial charge in [0.1, 0.15) is 0 Å². The predicted molar refractivity (Wildman–Crippen MR) is 61.0 cm³/mol. The molecule has 90 valence electrons. The van der Waals surface area contributed by atoms with Gasteiger partial charge in [0.2, 0.25) is 0 Å². The number of hydrogen-bond acceptors (Lipinski definition) is 4. The summed E-state index contributed by atoms with van der Waals surface area (Å²) in [6, 6.07) is 0. The minimum Gasteiger partial charge on any atom is -0.394 e. The Labute approximate surface area is 92.6 Å². The zero-order chi connectivity index (χ0) is 11.3. The largest absolute Gasteiger partial charge is 0.394 e. The summed E-state index contributed by atoms with van der Waals surface area (Å²) < 4.78 is 5.49. The first kappa shape index (κ1) is 12.9. The van der Waals surface area contributed by atoms with E-state index in [2.05, 4.69) is 24.1 Å². The summed E-state index contributed by atoms with van der Waals surface area (Å²) >= 11 is 0. The summed E-state index contributed by atoms with van der Waals surface area (Å²) in [6.07, 6.45) is 1.31. The number of ether oxygens (including phenoxy) is 1. The average molecular weight is 216 g/mol. The van der Waals surface area contributed by atoms with E-state index < -0.39 is 0 Å². The fraction of sp³-hybridized carbons (Fsp3) is 1.00. The smallest absolute Gasteiger partial charge is 0.0674 e. The minimum absolute atomic E-state index is 0.151. The molecule has 1 aliphatic heterocycles. The number of nitrogens with zero attached hydrogens (tertiary/aromatic N) is 1. The lowest BCUT2D eigenvalue weighted by molar-refractivity contribution is -0.0214. The van der Waals surface area contributed by atoms with Crippen molar-refractivity contribution >= 4 is 0 Å². The van der Waals surface area contributed by atoms with E-state index in [1.54, 1.807) is 0 Å². The number of rotatable bonds is 5. The number of morpholine rings is 1. The fourth-order valence-corrected chi connectivity index (χ4v) is 1.78. The lowest BCUT2D eigenvalue weighted by Crippen LogP contribution is -2.48. The minimum atomic E-state index is -0.151. The Morgan fingerprint density at radius 2 is 2.33 bits per heavy atom. The molecule has 4 nitrogen and oxygen atoms in total. The second kappa shape index (κ2) is 5.80. The van der Waals surface area contributed by atoms with Crippen molar-refractivity contribution in [2.24, 2.45) is 0 Å². The summed E-state index contributed by atoms with van der Waals surface area (Å²) in [5, 5.41) is 12.4. The Kier molecular flexibility index (Phi) is 4.99. The Balaban J connectivity index is 2.29. The van der Waals surface area contributed by atoms with Gasteiger partial charge in [-0.25, -0.2) is 0 Å². The van der Waals surface area contributed by atoms with E-state index in [1.807, 2.05) is 7.05 Å². The second-order valence-corrected chi connectivity index (χ2v) is 4.70. The molecule has 0 spiro atoms. The highest BCUT2D eigenvalue weighted by Gasteiger charge is 2.23. The molecule has 0 radical (unpaired) electrons. The summed E-state index contributed by atoms with van der Waals surface area (Å²) in [5.74, 6) is 0. The van der Waals surface area contributed by atoms with Crippen LogP contribution in [0.1, 0.15) is 20.3 Å². The molecule has 1 heterocycles. The Bertz CT molecular complexity index is 183. The highest BCUT2D eigenvalue weighted by Crippen LogP contribution is 2.11. The van der Waals surface area contributed by atoms with Crippen molar-refractivity contribution in [1.82, 2.24) is 10.2 Å². The molecule has 1 fully saturated rings. The SMILES string of the molecule is CNC(C)(CO)CCN1CCOC(C)C1. The third-order valence-corrected chi connectivity index (χ3v) is 3.26. The normalized spacial score (nSPS) is 27.6. The van der Waals surface area contributed by atoms with Crippen molar-refractivity contribution in [2.75, 3.05) is 39.9 Å². The standard InChI is InChI=1S/C11H24N2O2/c1-10-8-13(6-7-15-10)5-4-11(2,9-14)12-3/h10,12,14H,4-9H2,1-3H3. The molecule has 0 aromatic heterocycles. The zero-order valence-electron chi connectivity index (χ0n) is 10.1. The van der Waals surface area contributed by atoms with Gasteiger partial charge in [-0.1, -0.05) is 0 Å². The molecule has 0 aromatic rings. The highest BCUT2D eigenvalue weighted by atomic mass is 16.5. The van der Waals surface area contributed by atoms with E-state index >= 15 is 0 Å². The van der Waals surface area contributed by atoms with Gasteiger partial charge in [-0.15, -0.1) is 0 Å². The van der Waals surface area contributed by atoms with E-state index in [0.29, 0.717) is 6.10 Å². The maximum Gasteiger partial charge on any atom is 0.0674 e. The van der Waals surface area contributed by atoms with Crippen LogP contribution in [0.3, 0.4) is 0 Å². The molecule has 1 saturated heterocycles. The molecule has 4 heteroatoms. The van der Waals surface area contributed by atoms with Crippen LogP contribution >= 0.6 is 0 Å². The van der Waals surface area contributed by atoms with Crippen LogP contribution in [-0.2, 0) is 4.74 Å². The Hall–Kier alpha value is -0.160. The van der Waals surface area contributed by atoms with Gasteiger partial charge in [-0.3, -0.25) is 4.90 Å². The zero-order valence-corrected chi connectivity index (χ0v) is 10.1. The van der Waals surface area contributed by atoms with Crippen molar-refractivity contribution in [1.29, 1.82) is 0 Å². The van der Waals surface area contributed by atoms with Crippen LogP contribution in [-0.4, -0.2) is 61.5 Å². The number of hydrogen-bond donors (Lipinski definition) is 2. The molecular formula is C11H24N2O2. The van der Waals surface area contributed by atoms with Crippen molar-refractivity contribution in [3.63, 3.8) is 0 Å². The molecule has 1 aliphatic rings. The second-order valence-electron chi connectivity index (χ2n) is 4.70. The van der Waals surface area contributed by atoms with Crippen LogP contribution in [0.25, 0.3) is 0 Å². The summed E-state index contributed by atoms with van der Waals surface area (Å²) in [5.41, 5.74) is -0.151. The highest BCUT2D eigenvalue weighted by molar-refractivity contribution is 4.82. The molecule has 1 rings (SSSR count). The summed E-state index contributed by atoms with van der Waals surface area (Å²) in [4.78, 5) is 2.40. The van der Waals surface area contributed by atoms with Gasteiger partial charge in [-0.2, -0.15) is 0 Å². The summed E-state index contributed by atoms with van der Waals surface area (Å²) in [7, 11) is 1.90. The molecule has 0 bridgehead atoms. The first-order valence-electron chi connectivity index (χ1n) is 5.73. The van der Waals surface area contributed by atoms with Crippen molar-refractivity contribution in [2.45, 2.75) is 31.9 Å². The maximum absolute atomic E-state index is 9.26. The van der Waals surface area contributed by atoms with Crippen molar-refractivity contribution in [3.8, 4) is 0 Å². The van der Waals surface area contributed by atoms with E-state index in [-0.39, 0.29) is 12.1 Å². The van der Waals surface area contributed by atoms with E-state index in [0.717, 1.165) is 32.7 Å². The first-order valence-corrected chi connectivity index (χ1v) is 5.73. The van der Waals surface area contributed by atoms with Crippen LogP contribution in [0, 0.1) is 0 Å². The van der Waals surface area contributed by atoms with Gasteiger partial charge >= 0.3 is 0 Å². The molecule has 0 amide bonds. The van der Waals surface area contributed by atoms with Crippen molar-refractivity contribution < 1.29 is 9.84 Å². The maximum atomic E-state index is 9.26. The van der Waals surface area contributed by atoms with E-state index in [1.165, 1.54) is 0 Å². The number of likely N-dealkylation sites (N-methyl/N-ethyl adjacent to an activating group) is 1. The number of nitrogens with one attached hydrogen (secondary N) is 1. The Morgan fingerprint density at radius 1 is 1.60 bits per heavy atom. The van der Waals surface area contributed by atoms with Gasteiger partial charge in [0.25, 0.3) is 0 Å². The van der Waals surface area contributed by atoms with Crippen LogP contribution in [0.4, 0.5) is 0 Å². The van der Waals surface area contributed by atoms with Crippen LogP contribution < -0.4 is 5.32 Å². The first-order chi connectivity index (χ1) is 7.09. The third-order valence-electron chi connectivity index (χ3n) is 3.26. The molecule has 15 heavy (non-hydrogen) atoms. The molecule has 0 aromatic carbocycles. The van der Waals surface area contributed by atoms with Gasteiger partial charge in [0.15, 0.2) is 0 Å². The topological polar surface area (TPSA) is 44.7 Å². The molecule has 2 N–H and O–H groups in total. The molecule has 2 atom stereocenters. The molecule has 0 aliphatic carbocycles. The molecular weight excluding hydrogens is 192 g/mol. The Morgan fingerprint density at radius 3 is 2.87 bits per heavy atom. The molecule has 0 saturated carbocycles. The van der Waals surface area contributed by atoms with E-state index in [9.17, 15) is 5.11 Å². The predicted octanol–water partition coefficient (Wildman–Crippen LogP) is 0.0676. The van der Waals surface area contributed by atoms with Crippen LogP contribution in [0.5, 0.6) is 0 Å². The lowest BCUT2D eigenvalue weighted by Gasteiger charge is -2.34. The van der Waals surface area contributed by atoms with Crippen LogP contribution in [0.2, 0.25) is 0 Å². The van der Waals surface area contributed by atoms with Gasteiger partial charge < -0.3 is 15.2 Å². The monoisotopic (exact) mass is 216 g/mol. The number of aliphatic hydroxyl groups excluding tert-OH is 1. The lowest BCUT2D eigenvalue weighted by atomic mass is 9.99. The van der Waals surface area contributed by atoms with Gasteiger partial charge in [0.05, 0.1) is 19.3 Å². The quantitative estimate of drug-likeness (QED) is 0.682. The van der Waals surface area contributed by atoms with Gasteiger partial charge in [-0.05, 0) is 27.3 Å². The third kappa shape index (κ3) is 4.07. The summed E-state index contributed by atoms with van der Waals surface area (Å²) in [6.45, 7) is 8.21. The average Bonchev–Trinajstić information content (AvgIpc) is 2.26. The van der Waals surface area contributed by atoms with E-state index in [4.69, 9.17) is 4.74 Å². The van der Waals surface area contributed by atoms with Crippen molar-refractivity contribution in [3.05, 3.63) is 0 Å². The number of aliphatic hydroxyl groups is 1.